The summed E-state index contributed by atoms with van der Waals surface area (Å²) in [5.41, 5.74) is 0.915. The molecule has 3 N–H and O–H groups in total. The van der Waals surface area contributed by atoms with Crippen molar-refractivity contribution >= 4 is 0 Å². The molecule has 0 radical (unpaired) electrons. The van der Waals surface area contributed by atoms with Crippen LogP contribution in [0.15, 0.2) is 24.3 Å². The van der Waals surface area contributed by atoms with Crippen LogP contribution < -0.4 is 5.32 Å². The normalized spacial score (nSPS) is 24.8. The Balaban J connectivity index is 1.77. The maximum absolute atomic E-state index is 9.83. The highest BCUT2D eigenvalue weighted by molar-refractivity contribution is 5.31. The number of benzene rings is 1. The molecule has 1 aliphatic rings. The van der Waals surface area contributed by atoms with Crippen LogP contribution in [0.25, 0.3) is 0 Å². The minimum absolute atomic E-state index is 0.152. The predicted molar refractivity (Wildman–Crippen MR) is 67.8 cm³/mol. The zero-order valence-electron chi connectivity index (χ0n) is 10.1. The zero-order valence-corrected chi connectivity index (χ0v) is 10.1. The summed E-state index contributed by atoms with van der Waals surface area (Å²) in [6.45, 7) is 1.49. The summed E-state index contributed by atoms with van der Waals surface area (Å²) in [4.78, 5) is 0. The van der Waals surface area contributed by atoms with E-state index < -0.39 is 0 Å². The van der Waals surface area contributed by atoms with Gasteiger partial charge in [-0.1, -0.05) is 31.0 Å². The molecular weight excluding hydrogens is 214 g/mol. The molecule has 0 amide bonds. The SMILES string of the molecule is Oc1ccccc1CNCC1CCCCC1O. The van der Waals surface area contributed by atoms with E-state index in [1.807, 2.05) is 18.2 Å². The molecule has 0 bridgehead atoms. The zero-order chi connectivity index (χ0) is 12.1. The van der Waals surface area contributed by atoms with E-state index in [-0.39, 0.29) is 6.10 Å². The predicted octanol–water partition coefficient (Wildman–Crippen LogP) is 2.03. The van der Waals surface area contributed by atoms with Crippen LogP contribution in [0.3, 0.4) is 0 Å². The van der Waals surface area contributed by atoms with Crippen LogP contribution in [0.1, 0.15) is 31.2 Å². The van der Waals surface area contributed by atoms with Gasteiger partial charge < -0.3 is 15.5 Å². The van der Waals surface area contributed by atoms with Crippen molar-refractivity contribution in [2.75, 3.05) is 6.54 Å². The summed E-state index contributed by atoms with van der Waals surface area (Å²) < 4.78 is 0. The van der Waals surface area contributed by atoms with Gasteiger partial charge in [-0.15, -0.1) is 0 Å². The van der Waals surface area contributed by atoms with Crippen LogP contribution in [0, 0.1) is 5.92 Å². The molecule has 17 heavy (non-hydrogen) atoms. The molecule has 1 aromatic rings. The first kappa shape index (κ1) is 12.4. The maximum atomic E-state index is 9.83. The van der Waals surface area contributed by atoms with Crippen LogP contribution in [-0.4, -0.2) is 22.9 Å². The highest BCUT2D eigenvalue weighted by atomic mass is 16.3. The van der Waals surface area contributed by atoms with E-state index in [0.717, 1.165) is 31.4 Å². The molecule has 0 saturated heterocycles. The molecule has 3 nitrogen and oxygen atoms in total. The average Bonchev–Trinajstić information content (AvgIpc) is 2.34. The summed E-state index contributed by atoms with van der Waals surface area (Å²) in [6.07, 6.45) is 4.26. The Hall–Kier alpha value is -1.06. The van der Waals surface area contributed by atoms with Gasteiger partial charge in [0.25, 0.3) is 0 Å². The molecule has 0 aromatic heterocycles. The number of hydrogen-bond donors (Lipinski definition) is 3. The number of phenols is 1. The lowest BCUT2D eigenvalue weighted by Crippen LogP contribution is -2.33. The van der Waals surface area contributed by atoms with E-state index in [1.165, 1.54) is 6.42 Å². The van der Waals surface area contributed by atoms with E-state index in [0.29, 0.717) is 18.2 Å². The van der Waals surface area contributed by atoms with Crippen LogP contribution in [-0.2, 0) is 6.54 Å². The maximum Gasteiger partial charge on any atom is 0.120 e. The van der Waals surface area contributed by atoms with Crippen LogP contribution in [0.5, 0.6) is 5.75 Å². The molecule has 0 heterocycles. The van der Waals surface area contributed by atoms with E-state index in [1.54, 1.807) is 6.07 Å². The number of nitrogens with one attached hydrogen (secondary N) is 1. The van der Waals surface area contributed by atoms with Crippen LogP contribution >= 0.6 is 0 Å². The highest BCUT2D eigenvalue weighted by Crippen LogP contribution is 2.24. The molecule has 0 spiro atoms. The second-order valence-corrected chi connectivity index (χ2v) is 4.87. The first-order valence-electron chi connectivity index (χ1n) is 6.43. The third kappa shape index (κ3) is 3.45. The van der Waals surface area contributed by atoms with E-state index in [4.69, 9.17) is 0 Å². The van der Waals surface area contributed by atoms with Gasteiger partial charge in [-0.25, -0.2) is 0 Å². The number of para-hydroxylation sites is 1. The Morgan fingerprint density at radius 2 is 1.94 bits per heavy atom. The van der Waals surface area contributed by atoms with E-state index >= 15 is 0 Å². The molecule has 1 aromatic carbocycles. The first-order chi connectivity index (χ1) is 8.27. The number of hydrogen-bond acceptors (Lipinski definition) is 3. The number of phenolic OH excluding ortho intramolecular Hbond substituents is 1. The van der Waals surface area contributed by atoms with Gasteiger partial charge in [-0.05, 0) is 24.8 Å². The fraction of sp³-hybridized carbons (Fsp3) is 0.571. The highest BCUT2D eigenvalue weighted by Gasteiger charge is 2.22. The molecule has 1 fully saturated rings. The molecule has 2 rings (SSSR count). The Kier molecular flexibility index (Phi) is 4.40. The summed E-state index contributed by atoms with van der Waals surface area (Å²) in [7, 11) is 0. The fourth-order valence-corrected chi connectivity index (χ4v) is 2.48. The number of aromatic hydroxyl groups is 1. The quantitative estimate of drug-likeness (QED) is 0.748. The summed E-state index contributed by atoms with van der Waals surface area (Å²) in [6, 6.07) is 7.36. The molecular formula is C14H21NO2. The van der Waals surface area contributed by atoms with Crippen molar-refractivity contribution in [3.05, 3.63) is 29.8 Å². The van der Waals surface area contributed by atoms with Crippen molar-refractivity contribution < 1.29 is 10.2 Å². The molecule has 2 atom stereocenters. The molecule has 1 saturated carbocycles. The van der Waals surface area contributed by atoms with Gasteiger partial charge in [0.15, 0.2) is 0 Å². The Bertz CT molecular complexity index is 354. The van der Waals surface area contributed by atoms with Gasteiger partial charge in [-0.2, -0.15) is 0 Å². The largest absolute Gasteiger partial charge is 0.508 e. The molecule has 0 aliphatic heterocycles. The third-order valence-corrected chi connectivity index (χ3v) is 3.58. The van der Waals surface area contributed by atoms with Gasteiger partial charge in [-0.3, -0.25) is 0 Å². The Morgan fingerprint density at radius 1 is 1.18 bits per heavy atom. The number of rotatable bonds is 4. The van der Waals surface area contributed by atoms with Crippen molar-refractivity contribution in [1.29, 1.82) is 0 Å². The van der Waals surface area contributed by atoms with Gasteiger partial charge in [0.2, 0.25) is 0 Å². The summed E-state index contributed by atoms with van der Waals surface area (Å²) in [5.74, 6) is 0.707. The standard InChI is InChI=1S/C14H21NO2/c16-13-7-3-1-5-11(13)9-15-10-12-6-2-4-8-14(12)17/h1,3,5,7,12,14-17H,2,4,6,8-10H2. The second-order valence-electron chi connectivity index (χ2n) is 4.87. The van der Waals surface area contributed by atoms with Crippen molar-refractivity contribution in [3.63, 3.8) is 0 Å². The van der Waals surface area contributed by atoms with Gasteiger partial charge >= 0.3 is 0 Å². The first-order valence-corrected chi connectivity index (χ1v) is 6.43. The second kappa shape index (κ2) is 6.03. The molecule has 2 unspecified atom stereocenters. The fourth-order valence-electron chi connectivity index (χ4n) is 2.48. The average molecular weight is 235 g/mol. The third-order valence-electron chi connectivity index (χ3n) is 3.58. The van der Waals surface area contributed by atoms with E-state index in [2.05, 4.69) is 5.32 Å². The van der Waals surface area contributed by atoms with Crippen molar-refractivity contribution in [2.45, 2.75) is 38.3 Å². The summed E-state index contributed by atoms with van der Waals surface area (Å²) in [5, 5.41) is 22.8. The molecule has 1 aliphatic carbocycles. The lowest BCUT2D eigenvalue weighted by atomic mass is 9.86. The smallest absolute Gasteiger partial charge is 0.120 e. The summed E-state index contributed by atoms with van der Waals surface area (Å²) >= 11 is 0. The number of aliphatic hydroxyl groups excluding tert-OH is 1. The minimum atomic E-state index is -0.152. The number of aliphatic hydroxyl groups is 1. The van der Waals surface area contributed by atoms with Crippen LogP contribution in [0.2, 0.25) is 0 Å². The Morgan fingerprint density at radius 3 is 2.71 bits per heavy atom. The molecule has 3 heteroatoms. The van der Waals surface area contributed by atoms with Crippen molar-refractivity contribution in [1.82, 2.24) is 5.32 Å². The lowest BCUT2D eigenvalue weighted by Gasteiger charge is -2.27. The van der Waals surface area contributed by atoms with E-state index in [9.17, 15) is 10.2 Å². The lowest BCUT2D eigenvalue weighted by molar-refractivity contribution is 0.0695. The van der Waals surface area contributed by atoms with Crippen LogP contribution in [0.4, 0.5) is 0 Å². The van der Waals surface area contributed by atoms with Crippen molar-refractivity contribution in [3.8, 4) is 5.75 Å². The van der Waals surface area contributed by atoms with Gasteiger partial charge in [0, 0.05) is 18.7 Å². The van der Waals surface area contributed by atoms with Crippen molar-refractivity contribution in [2.24, 2.45) is 5.92 Å². The van der Waals surface area contributed by atoms with Gasteiger partial charge in [0.1, 0.15) is 5.75 Å². The van der Waals surface area contributed by atoms with Gasteiger partial charge in [0.05, 0.1) is 6.10 Å². The monoisotopic (exact) mass is 235 g/mol. The molecule has 94 valence electrons. The topological polar surface area (TPSA) is 52.5 Å². The minimum Gasteiger partial charge on any atom is -0.508 e. The Labute approximate surface area is 102 Å².